The maximum Gasteiger partial charge on any atom is 0.213 e. The van der Waals surface area contributed by atoms with Crippen LogP contribution in [-0.4, -0.2) is 37.2 Å². The van der Waals surface area contributed by atoms with Crippen molar-refractivity contribution in [2.75, 3.05) is 20.7 Å². The monoisotopic (exact) mass is 356 g/mol. The van der Waals surface area contributed by atoms with E-state index in [4.69, 9.17) is 9.47 Å². The molecular weight excluding hydrogens is 328 g/mol. The first-order chi connectivity index (χ1) is 12.5. The Kier molecular flexibility index (Phi) is 7.41. The van der Waals surface area contributed by atoms with Gasteiger partial charge in [-0.05, 0) is 31.0 Å². The van der Waals surface area contributed by atoms with Gasteiger partial charge in [0, 0.05) is 39.5 Å². The normalized spacial score (nSPS) is 11.9. The summed E-state index contributed by atoms with van der Waals surface area (Å²) in [6, 6.07) is 13.9. The molecule has 0 spiro atoms. The van der Waals surface area contributed by atoms with Crippen LogP contribution in [0.5, 0.6) is 5.88 Å². The third-order valence-corrected chi connectivity index (χ3v) is 3.95. The maximum absolute atomic E-state index is 5.77. The molecule has 2 N–H and O–H groups in total. The van der Waals surface area contributed by atoms with Crippen LogP contribution in [0, 0.1) is 0 Å². The number of aliphatic imine (C=N–C) groups is 1. The lowest BCUT2D eigenvalue weighted by molar-refractivity contribution is 0.0268. The standard InChI is InChI=1S/C20H28N4O2/c1-20(2,25-4)15-24-19(21-3)23-13-17-10-11-22-18(12-17)26-14-16-8-6-5-7-9-16/h5-12H,13-15H2,1-4H3,(H2,21,23,24). The van der Waals surface area contributed by atoms with E-state index in [0.29, 0.717) is 25.6 Å². The second-order valence-electron chi connectivity index (χ2n) is 6.52. The Morgan fingerprint density at radius 2 is 1.88 bits per heavy atom. The van der Waals surface area contributed by atoms with Crippen LogP contribution in [-0.2, 0) is 17.9 Å². The number of methoxy groups -OCH3 is 1. The molecule has 0 fully saturated rings. The van der Waals surface area contributed by atoms with Crippen molar-refractivity contribution in [2.45, 2.75) is 32.6 Å². The highest BCUT2D eigenvalue weighted by atomic mass is 16.5. The number of hydrogen-bond donors (Lipinski definition) is 2. The summed E-state index contributed by atoms with van der Waals surface area (Å²) in [6.07, 6.45) is 1.75. The molecule has 6 heteroatoms. The van der Waals surface area contributed by atoms with E-state index in [1.54, 1.807) is 20.4 Å². The lowest BCUT2D eigenvalue weighted by Crippen LogP contribution is -2.45. The molecule has 0 saturated heterocycles. The molecule has 0 saturated carbocycles. The molecule has 0 bridgehead atoms. The van der Waals surface area contributed by atoms with Crippen molar-refractivity contribution in [2.24, 2.45) is 4.99 Å². The van der Waals surface area contributed by atoms with Crippen LogP contribution in [0.4, 0.5) is 0 Å². The van der Waals surface area contributed by atoms with Crippen molar-refractivity contribution in [3.8, 4) is 5.88 Å². The van der Waals surface area contributed by atoms with Crippen LogP contribution in [0.15, 0.2) is 53.7 Å². The maximum atomic E-state index is 5.77. The summed E-state index contributed by atoms with van der Waals surface area (Å²) in [7, 11) is 3.45. The summed E-state index contributed by atoms with van der Waals surface area (Å²) < 4.78 is 11.2. The molecule has 0 unspecified atom stereocenters. The predicted octanol–water partition coefficient (Wildman–Crippen LogP) is 2.75. The van der Waals surface area contributed by atoms with Gasteiger partial charge in [0.2, 0.25) is 5.88 Å². The number of ether oxygens (including phenoxy) is 2. The van der Waals surface area contributed by atoms with Gasteiger partial charge in [0.25, 0.3) is 0 Å². The molecule has 1 aromatic heterocycles. The van der Waals surface area contributed by atoms with Gasteiger partial charge in [-0.15, -0.1) is 0 Å². The molecule has 26 heavy (non-hydrogen) atoms. The predicted molar refractivity (Wildman–Crippen MR) is 104 cm³/mol. The van der Waals surface area contributed by atoms with Crippen molar-refractivity contribution >= 4 is 5.96 Å². The first-order valence-electron chi connectivity index (χ1n) is 8.64. The first kappa shape index (κ1) is 19.7. The summed E-state index contributed by atoms with van der Waals surface area (Å²) in [5, 5.41) is 6.54. The number of benzene rings is 1. The molecule has 0 radical (unpaired) electrons. The number of hydrogen-bond acceptors (Lipinski definition) is 4. The highest BCUT2D eigenvalue weighted by Crippen LogP contribution is 2.12. The van der Waals surface area contributed by atoms with E-state index >= 15 is 0 Å². The summed E-state index contributed by atoms with van der Waals surface area (Å²) in [6.45, 7) is 5.82. The van der Waals surface area contributed by atoms with Gasteiger partial charge in [0.15, 0.2) is 5.96 Å². The molecule has 0 aliphatic rings. The Labute approximate surface area is 155 Å². The zero-order valence-corrected chi connectivity index (χ0v) is 16.0. The van der Waals surface area contributed by atoms with Crippen LogP contribution in [0.25, 0.3) is 0 Å². The second kappa shape index (κ2) is 9.77. The van der Waals surface area contributed by atoms with Gasteiger partial charge in [-0.2, -0.15) is 0 Å². The Morgan fingerprint density at radius 3 is 2.58 bits per heavy atom. The topological polar surface area (TPSA) is 67.8 Å². The molecule has 2 aromatic rings. The van der Waals surface area contributed by atoms with E-state index in [2.05, 4.69) is 20.6 Å². The van der Waals surface area contributed by atoms with Gasteiger partial charge in [0.05, 0.1) is 5.60 Å². The van der Waals surface area contributed by atoms with Crippen LogP contribution < -0.4 is 15.4 Å². The largest absolute Gasteiger partial charge is 0.473 e. The quantitative estimate of drug-likeness (QED) is 0.562. The zero-order chi connectivity index (χ0) is 18.8. The Balaban J connectivity index is 1.85. The number of guanidine groups is 1. The summed E-state index contributed by atoms with van der Waals surface area (Å²) in [5.41, 5.74) is 1.92. The van der Waals surface area contributed by atoms with Gasteiger partial charge in [-0.1, -0.05) is 30.3 Å². The Hall–Kier alpha value is -2.60. The highest BCUT2D eigenvalue weighted by molar-refractivity contribution is 5.79. The van der Waals surface area contributed by atoms with E-state index in [1.807, 2.05) is 56.3 Å². The van der Waals surface area contributed by atoms with E-state index in [9.17, 15) is 0 Å². The molecule has 1 heterocycles. The van der Waals surface area contributed by atoms with Crippen LogP contribution in [0.1, 0.15) is 25.0 Å². The number of rotatable bonds is 8. The third-order valence-electron chi connectivity index (χ3n) is 3.95. The van der Waals surface area contributed by atoms with E-state index in [1.165, 1.54) is 0 Å². The molecule has 0 atom stereocenters. The smallest absolute Gasteiger partial charge is 0.213 e. The summed E-state index contributed by atoms with van der Waals surface area (Å²) >= 11 is 0. The van der Waals surface area contributed by atoms with Crippen molar-refractivity contribution in [1.29, 1.82) is 0 Å². The Morgan fingerprint density at radius 1 is 1.12 bits per heavy atom. The third kappa shape index (κ3) is 6.72. The van der Waals surface area contributed by atoms with Crippen molar-refractivity contribution in [3.63, 3.8) is 0 Å². The minimum atomic E-state index is -0.257. The molecule has 0 aliphatic carbocycles. The highest BCUT2D eigenvalue weighted by Gasteiger charge is 2.16. The number of pyridine rings is 1. The van der Waals surface area contributed by atoms with Crippen LogP contribution >= 0.6 is 0 Å². The number of nitrogens with one attached hydrogen (secondary N) is 2. The van der Waals surface area contributed by atoms with Gasteiger partial charge in [-0.3, -0.25) is 4.99 Å². The number of nitrogens with zero attached hydrogens (tertiary/aromatic N) is 2. The molecule has 2 rings (SSSR count). The van der Waals surface area contributed by atoms with Gasteiger partial charge in [-0.25, -0.2) is 4.98 Å². The fourth-order valence-electron chi connectivity index (χ4n) is 2.15. The van der Waals surface area contributed by atoms with E-state index < -0.39 is 0 Å². The first-order valence-corrected chi connectivity index (χ1v) is 8.64. The molecule has 140 valence electrons. The summed E-state index contributed by atoms with van der Waals surface area (Å²) in [4.78, 5) is 8.50. The van der Waals surface area contributed by atoms with Crippen LogP contribution in [0.3, 0.4) is 0 Å². The fourth-order valence-corrected chi connectivity index (χ4v) is 2.15. The van der Waals surface area contributed by atoms with Crippen molar-refractivity contribution in [3.05, 3.63) is 59.8 Å². The molecular formula is C20H28N4O2. The van der Waals surface area contributed by atoms with E-state index in [-0.39, 0.29) is 5.60 Å². The lowest BCUT2D eigenvalue weighted by atomic mass is 10.1. The SMILES string of the molecule is CN=C(NCc1ccnc(OCc2ccccc2)c1)NCC(C)(C)OC. The van der Waals surface area contributed by atoms with Crippen molar-refractivity contribution in [1.82, 2.24) is 15.6 Å². The van der Waals surface area contributed by atoms with Gasteiger partial charge in [0.1, 0.15) is 6.61 Å². The van der Waals surface area contributed by atoms with Crippen LogP contribution in [0.2, 0.25) is 0 Å². The molecule has 6 nitrogen and oxygen atoms in total. The average Bonchev–Trinajstić information content (AvgIpc) is 2.67. The average molecular weight is 356 g/mol. The van der Waals surface area contributed by atoms with Gasteiger partial charge < -0.3 is 20.1 Å². The second-order valence-corrected chi connectivity index (χ2v) is 6.52. The molecule has 1 aromatic carbocycles. The fraction of sp³-hybridized carbons (Fsp3) is 0.400. The van der Waals surface area contributed by atoms with E-state index in [0.717, 1.165) is 17.1 Å². The minimum absolute atomic E-state index is 0.257. The number of aromatic nitrogens is 1. The van der Waals surface area contributed by atoms with Gasteiger partial charge >= 0.3 is 0 Å². The Bertz CT molecular complexity index is 702. The lowest BCUT2D eigenvalue weighted by Gasteiger charge is -2.24. The minimum Gasteiger partial charge on any atom is -0.473 e. The molecule has 0 aliphatic heterocycles. The summed E-state index contributed by atoms with van der Waals surface area (Å²) in [5.74, 6) is 1.33. The van der Waals surface area contributed by atoms with Crippen molar-refractivity contribution < 1.29 is 9.47 Å². The zero-order valence-electron chi connectivity index (χ0n) is 16.0. The molecule has 0 amide bonds.